The standard InChI is InChI=1S/C19H17FN4O2S/c1-12-5-7-13(8-6-12)9-16-18(26)22-19(24-23-16)27-11-17(25)21-15-4-2-3-14(20)10-15/h2-8,10H,9,11H2,1H3,(H,21,25)(H,22,24,26). The third-order valence-electron chi connectivity index (χ3n) is 3.68. The Labute approximate surface area is 159 Å². The van der Waals surface area contributed by atoms with Gasteiger partial charge in [-0.2, -0.15) is 0 Å². The molecule has 1 aromatic heterocycles. The first-order valence-corrected chi connectivity index (χ1v) is 9.18. The summed E-state index contributed by atoms with van der Waals surface area (Å²) >= 11 is 1.05. The number of halogens is 1. The maximum atomic E-state index is 13.1. The van der Waals surface area contributed by atoms with Crippen LogP contribution in [0.1, 0.15) is 16.8 Å². The number of aryl methyl sites for hydroxylation is 1. The quantitative estimate of drug-likeness (QED) is 0.638. The number of aromatic nitrogens is 3. The molecule has 3 rings (SSSR count). The smallest absolute Gasteiger partial charge is 0.273 e. The minimum absolute atomic E-state index is 0.0123. The number of rotatable bonds is 6. The van der Waals surface area contributed by atoms with E-state index in [2.05, 4.69) is 20.5 Å². The summed E-state index contributed by atoms with van der Waals surface area (Å²) < 4.78 is 13.1. The Morgan fingerprint density at radius 3 is 2.67 bits per heavy atom. The van der Waals surface area contributed by atoms with E-state index in [1.54, 1.807) is 6.07 Å². The van der Waals surface area contributed by atoms with E-state index in [1.165, 1.54) is 18.2 Å². The molecule has 0 aliphatic heterocycles. The number of carbonyl (C=O) groups excluding carboxylic acids is 1. The molecule has 0 atom stereocenters. The SMILES string of the molecule is Cc1ccc(Cc2nnc(SCC(=O)Nc3cccc(F)c3)[nH]c2=O)cc1. The molecule has 138 valence electrons. The fourth-order valence-corrected chi connectivity index (χ4v) is 2.93. The number of hydrogen-bond acceptors (Lipinski definition) is 5. The Kier molecular flexibility index (Phi) is 5.97. The number of nitrogens with zero attached hydrogens (tertiary/aromatic N) is 2. The van der Waals surface area contributed by atoms with Crippen LogP contribution >= 0.6 is 11.8 Å². The van der Waals surface area contributed by atoms with Crippen LogP contribution in [-0.4, -0.2) is 26.8 Å². The van der Waals surface area contributed by atoms with E-state index >= 15 is 0 Å². The van der Waals surface area contributed by atoms with Crippen LogP contribution in [0.4, 0.5) is 10.1 Å². The molecule has 3 aromatic rings. The molecule has 0 saturated carbocycles. The maximum Gasteiger partial charge on any atom is 0.273 e. The van der Waals surface area contributed by atoms with Gasteiger partial charge in [0.25, 0.3) is 5.56 Å². The zero-order valence-corrected chi connectivity index (χ0v) is 15.3. The number of amides is 1. The summed E-state index contributed by atoms with van der Waals surface area (Å²) in [7, 11) is 0. The van der Waals surface area contributed by atoms with Crippen molar-refractivity contribution in [3.05, 3.63) is 81.5 Å². The lowest BCUT2D eigenvalue weighted by Crippen LogP contribution is -2.19. The molecule has 0 aliphatic rings. The second-order valence-electron chi connectivity index (χ2n) is 5.92. The summed E-state index contributed by atoms with van der Waals surface area (Å²) in [6, 6.07) is 13.4. The van der Waals surface area contributed by atoms with Gasteiger partial charge in [0.15, 0.2) is 5.16 Å². The number of hydrogen-bond donors (Lipinski definition) is 2. The molecule has 8 heteroatoms. The molecule has 1 amide bonds. The van der Waals surface area contributed by atoms with Crippen LogP contribution in [0.25, 0.3) is 0 Å². The lowest BCUT2D eigenvalue weighted by Gasteiger charge is -2.05. The van der Waals surface area contributed by atoms with Gasteiger partial charge in [-0.05, 0) is 30.7 Å². The normalized spacial score (nSPS) is 10.6. The Hall–Kier alpha value is -3.00. The average molecular weight is 384 g/mol. The van der Waals surface area contributed by atoms with E-state index in [-0.39, 0.29) is 22.4 Å². The minimum Gasteiger partial charge on any atom is -0.325 e. The first kappa shape index (κ1) is 18.8. The van der Waals surface area contributed by atoms with Gasteiger partial charge in [-0.15, -0.1) is 10.2 Å². The summed E-state index contributed by atoms with van der Waals surface area (Å²) in [6.45, 7) is 1.99. The molecule has 6 nitrogen and oxygen atoms in total. The first-order chi connectivity index (χ1) is 13.0. The second-order valence-corrected chi connectivity index (χ2v) is 6.88. The number of benzene rings is 2. The van der Waals surface area contributed by atoms with Crippen LogP contribution in [0.2, 0.25) is 0 Å². The number of nitrogens with one attached hydrogen (secondary N) is 2. The molecule has 0 radical (unpaired) electrons. The fourth-order valence-electron chi connectivity index (χ4n) is 2.32. The molecule has 0 saturated heterocycles. The van der Waals surface area contributed by atoms with Gasteiger partial charge >= 0.3 is 0 Å². The third-order valence-corrected chi connectivity index (χ3v) is 4.55. The molecule has 2 N–H and O–H groups in total. The van der Waals surface area contributed by atoms with E-state index in [4.69, 9.17) is 0 Å². The van der Waals surface area contributed by atoms with Crippen LogP contribution in [0.15, 0.2) is 58.5 Å². The summed E-state index contributed by atoms with van der Waals surface area (Å²) in [5, 5.41) is 10.8. The molecule has 2 aromatic carbocycles. The Balaban J connectivity index is 1.58. The molecule has 0 unspecified atom stereocenters. The third kappa shape index (κ3) is 5.49. The highest BCUT2D eigenvalue weighted by Crippen LogP contribution is 2.13. The summed E-state index contributed by atoms with van der Waals surface area (Å²) in [4.78, 5) is 26.7. The van der Waals surface area contributed by atoms with Crippen molar-refractivity contribution in [3.63, 3.8) is 0 Å². The molecular weight excluding hydrogens is 367 g/mol. The number of aromatic amines is 1. The number of anilines is 1. The highest BCUT2D eigenvalue weighted by atomic mass is 32.2. The molecule has 27 heavy (non-hydrogen) atoms. The molecular formula is C19H17FN4O2S. The van der Waals surface area contributed by atoms with Gasteiger partial charge in [-0.3, -0.25) is 14.6 Å². The summed E-state index contributed by atoms with van der Waals surface area (Å²) in [5.41, 5.74) is 2.46. The highest BCUT2D eigenvalue weighted by molar-refractivity contribution is 7.99. The topological polar surface area (TPSA) is 87.7 Å². The van der Waals surface area contributed by atoms with Crippen molar-refractivity contribution in [2.75, 3.05) is 11.1 Å². The molecule has 0 bridgehead atoms. The van der Waals surface area contributed by atoms with Gasteiger partial charge in [-0.1, -0.05) is 47.7 Å². The summed E-state index contributed by atoms with van der Waals surface area (Å²) in [6.07, 6.45) is 0.383. The van der Waals surface area contributed by atoms with E-state index in [0.717, 1.165) is 22.9 Å². The predicted molar refractivity (Wildman–Crippen MR) is 102 cm³/mol. The monoisotopic (exact) mass is 384 g/mol. The van der Waals surface area contributed by atoms with E-state index in [1.807, 2.05) is 31.2 Å². The van der Waals surface area contributed by atoms with E-state index in [9.17, 15) is 14.0 Å². The lowest BCUT2D eigenvalue weighted by molar-refractivity contribution is -0.113. The van der Waals surface area contributed by atoms with Crippen LogP contribution in [0.3, 0.4) is 0 Å². The Morgan fingerprint density at radius 1 is 1.19 bits per heavy atom. The number of carbonyl (C=O) groups is 1. The highest BCUT2D eigenvalue weighted by Gasteiger charge is 2.09. The van der Waals surface area contributed by atoms with Gasteiger partial charge in [0.1, 0.15) is 11.5 Å². The zero-order chi connectivity index (χ0) is 19.2. The average Bonchev–Trinajstić information content (AvgIpc) is 2.64. The number of H-pyrrole nitrogens is 1. The van der Waals surface area contributed by atoms with Crippen molar-refractivity contribution in [2.24, 2.45) is 0 Å². The second kappa shape index (κ2) is 8.59. The van der Waals surface area contributed by atoms with Crippen molar-refractivity contribution in [1.82, 2.24) is 15.2 Å². The van der Waals surface area contributed by atoms with Crippen LogP contribution in [0.5, 0.6) is 0 Å². The van der Waals surface area contributed by atoms with Gasteiger partial charge in [-0.25, -0.2) is 4.39 Å². The fraction of sp³-hybridized carbons (Fsp3) is 0.158. The van der Waals surface area contributed by atoms with Crippen molar-refractivity contribution < 1.29 is 9.18 Å². The van der Waals surface area contributed by atoms with Crippen molar-refractivity contribution in [1.29, 1.82) is 0 Å². The summed E-state index contributed by atoms with van der Waals surface area (Å²) in [5.74, 6) is -0.755. The van der Waals surface area contributed by atoms with Crippen LogP contribution < -0.4 is 10.9 Å². The molecule has 0 fully saturated rings. The van der Waals surface area contributed by atoms with E-state index in [0.29, 0.717) is 17.8 Å². The van der Waals surface area contributed by atoms with Crippen molar-refractivity contribution >= 4 is 23.4 Å². The van der Waals surface area contributed by atoms with Crippen molar-refractivity contribution in [3.8, 4) is 0 Å². The Bertz CT molecular complexity index is 1010. The molecule has 0 aliphatic carbocycles. The zero-order valence-electron chi connectivity index (χ0n) is 14.5. The Morgan fingerprint density at radius 2 is 1.96 bits per heavy atom. The van der Waals surface area contributed by atoms with Gasteiger partial charge in [0.2, 0.25) is 5.91 Å². The van der Waals surface area contributed by atoms with Crippen molar-refractivity contribution in [2.45, 2.75) is 18.5 Å². The van der Waals surface area contributed by atoms with Gasteiger partial charge < -0.3 is 5.32 Å². The lowest BCUT2D eigenvalue weighted by atomic mass is 10.1. The van der Waals surface area contributed by atoms with Crippen LogP contribution in [0, 0.1) is 12.7 Å². The minimum atomic E-state index is -0.431. The largest absolute Gasteiger partial charge is 0.325 e. The van der Waals surface area contributed by atoms with Gasteiger partial charge in [0.05, 0.1) is 5.75 Å². The first-order valence-electron chi connectivity index (χ1n) is 8.19. The van der Waals surface area contributed by atoms with E-state index < -0.39 is 5.82 Å². The molecule has 0 spiro atoms. The van der Waals surface area contributed by atoms with Crippen LogP contribution in [-0.2, 0) is 11.2 Å². The van der Waals surface area contributed by atoms with Gasteiger partial charge in [0, 0.05) is 12.1 Å². The maximum absolute atomic E-state index is 13.1. The molecule has 1 heterocycles. The number of thioether (sulfide) groups is 1. The predicted octanol–water partition coefficient (Wildman–Crippen LogP) is 2.93.